The van der Waals surface area contributed by atoms with Crippen molar-refractivity contribution in [3.63, 3.8) is 0 Å². The molecule has 2 aliphatic rings. The Bertz CT molecular complexity index is 928. The Balaban J connectivity index is 1.43. The van der Waals surface area contributed by atoms with Gasteiger partial charge in [-0.05, 0) is 37.1 Å². The maximum absolute atomic E-state index is 12.3. The highest BCUT2D eigenvalue weighted by Crippen LogP contribution is 2.30. The highest BCUT2D eigenvalue weighted by Gasteiger charge is 2.40. The molecule has 0 bridgehead atoms. The van der Waals surface area contributed by atoms with Gasteiger partial charge in [-0.2, -0.15) is 0 Å². The quantitative estimate of drug-likeness (QED) is 0.574. The molecule has 0 radical (unpaired) electrons. The lowest BCUT2D eigenvalue weighted by molar-refractivity contribution is -0.136. The summed E-state index contributed by atoms with van der Waals surface area (Å²) >= 11 is 0. The molecular weight excluding hydrogens is 360 g/mol. The first-order valence-electron chi connectivity index (χ1n) is 9.04. The molecule has 2 aromatic heterocycles. The maximum atomic E-state index is 12.3. The zero-order valence-electron chi connectivity index (χ0n) is 15.4. The molecule has 4 heterocycles. The number of aliphatic hydroxyl groups is 1. The van der Waals surface area contributed by atoms with E-state index in [4.69, 9.17) is 0 Å². The molecule has 0 saturated heterocycles. The van der Waals surface area contributed by atoms with Gasteiger partial charge >= 0.3 is 0 Å². The van der Waals surface area contributed by atoms with Crippen LogP contribution in [0.3, 0.4) is 0 Å². The SMILES string of the molecule is CN1C(=O)C2=C(C1=O)N(CC(O)Nc1ccc(-c3ccncc3)nn1)CCC2. The van der Waals surface area contributed by atoms with Crippen LogP contribution in [-0.4, -0.2) is 68.3 Å². The lowest BCUT2D eigenvalue weighted by Gasteiger charge is -2.31. The fourth-order valence-corrected chi connectivity index (χ4v) is 3.49. The van der Waals surface area contributed by atoms with Crippen LogP contribution in [0.5, 0.6) is 0 Å². The van der Waals surface area contributed by atoms with Gasteiger partial charge in [-0.1, -0.05) is 0 Å². The van der Waals surface area contributed by atoms with E-state index in [-0.39, 0.29) is 18.4 Å². The topological polar surface area (TPSA) is 112 Å². The van der Waals surface area contributed by atoms with Crippen LogP contribution in [0.4, 0.5) is 5.82 Å². The highest BCUT2D eigenvalue weighted by molar-refractivity contribution is 6.18. The minimum Gasteiger partial charge on any atom is -0.372 e. The summed E-state index contributed by atoms with van der Waals surface area (Å²) in [7, 11) is 1.48. The van der Waals surface area contributed by atoms with Crippen LogP contribution >= 0.6 is 0 Å². The molecule has 0 fully saturated rings. The fourth-order valence-electron chi connectivity index (χ4n) is 3.49. The number of pyridine rings is 1. The second-order valence-corrected chi connectivity index (χ2v) is 6.75. The molecule has 0 aromatic carbocycles. The van der Waals surface area contributed by atoms with Crippen LogP contribution in [0.1, 0.15) is 12.8 Å². The minimum atomic E-state index is -0.971. The summed E-state index contributed by atoms with van der Waals surface area (Å²) in [5.74, 6) is -0.138. The van der Waals surface area contributed by atoms with Crippen molar-refractivity contribution in [2.24, 2.45) is 0 Å². The summed E-state index contributed by atoms with van der Waals surface area (Å²) in [6.45, 7) is 0.774. The number of β-amino-alcohol motifs (C(OH)–C–C–N with tert-alkyl or cyclic N) is 1. The monoisotopic (exact) mass is 380 g/mol. The summed E-state index contributed by atoms with van der Waals surface area (Å²) in [6.07, 6.45) is 3.74. The Morgan fingerprint density at radius 1 is 1.14 bits per heavy atom. The molecule has 2 aliphatic heterocycles. The van der Waals surface area contributed by atoms with Crippen LogP contribution in [0.2, 0.25) is 0 Å². The summed E-state index contributed by atoms with van der Waals surface area (Å²) in [4.78, 5) is 31.4. The van der Waals surface area contributed by atoms with Gasteiger partial charge in [0.05, 0.1) is 12.2 Å². The molecule has 9 nitrogen and oxygen atoms in total. The number of hydrogen-bond acceptors (Lipinski definition) is 8. The first kappa shape index (κ1) is 18.1. The zero-order chi connectivity index (χ0) is 19.7. The van der Waals surface area contributed by atoms with E-state index in [0.29, 0.717) is 35.7 Å². The van der Waals surface area contributed by atoms with Gasteiger partial charge in [0.1, 0.15) is 11.9 Å². The Kier molecular flexibility index (Phi) is 4.74. The Morgan fingerprint density at radius 2 is 1.93 bits per heavy atom. The summed E-state index contributed by atoms with van der Waals surface area (Å²) in [5, 5.41) is 21.5. The van der Waals surface area contributed by atoms with E-state index < -0.39 is 6.23 Å². The Morgan fingerprint density at radius 3 is 2.64 bits per heavy atom. The number of anilines is 1. The van der Waals surface area contributed by atoms with E-state index in [1.54, 1.807) is 29.4 Å². The van der Waals surface area contributed by atoms with E-state index in [2.05, 4.69) is 20.5 Å². The number of likely N-dealkylation sites (N-methyl/N-ethyl adjacent to an activating group) is 1. The summed E-state index contributed by atoms with van der Waals surface area (Å²) in [6, 6.07) is 7.20. The van der Waals surface area contributed by atoms with Crippen molar-refractivity contribution in [2.75, 3.05) is 25.5 Å². The molecule has 4 rings (SSSR count). The second-order valence-electron chi connectivity index (χ2n) is 6.75. The van der Waals surface area contributed by atoms with Crippen molar-refractivity contribution in [3.05, 3.63) is 47.9 Å². The smallest absolute Gasteiger partial charge is 0.277 e. The lowest BCUT2D eigenvalue weighted by atomic mass is 10.0. The number of rotatable bonds is 5. The molecule has 1 unspecified atom stereocenters. The summed E-state index contributed by atoms with van der Waals surface area (Å²) < 4.78 is 0. The fraction of sp³-hybridized carbons (Fsp3) is 0.316. The van der Waals surface area contributed by atoms with Crippen LogP contribution in [0.15, 0.2) is 47.9 Å². The van der Waals surface area contributed by atoms with Gasteiger partial charge in [-0.25, -0.2) is 0 Å². The largest absolute Gasteiger partial charge is 0.372 e. The van der Waals surface area contributed by atoms with Crippen LogP contribution in [0.25, 0.3) is 11.3 Å². The molecule has 0 aliphatic carbocycles. The van der Waals surface area contributed by atoms with E-state index in [1.165, 1.54) is 7.05 Å². The average molecular weight is 380 g/mol. The first-order chi connectivity index (χ1) is 13.5. The molecule has 1 atom stereocenters. The van der Waals surface area contributed by atoms with E-state index >= 15 is 0 Å². The lowest BCUT2D eigenvalue weighted by Crippen LogP contribution is -2.41. The number of imide groups is 1. The summed E-state index contributed by atoms with van der Waals surface area (Å²) in [5.41, 5.74) is 2.54. The number of carbonyl (C=O) groups excluding carboxylic acids is 2. The standard InChI is InChI=1S/C19H20N6O3/c1-24-18(27)13-3-2-10-25(17(13)19(24)28)11-16(26)21-15-5-4-14(22-23-15)12-6-8-20-9-7-12/h4-9,16,26H,2-3,10-11H2,1H3,(H,21,23). The molecule has 28 heavy (non-hydrogen) atoms. The number of carbonyl (C=O) groups is 2. The third-order valence-corrected chi connectivity index (χ3v) is 4.88. The predicted molar refractivity (Wildman–Crippen MR) is 101 cm³/mol. The Hall–Kier alpha value is -3.33. The first-order valence-corrected chi connectivity index (χ1v) is 9.04. The second kappa shape index (κ2) is 7.35. The molecule has 2 N–H and O–H groups in total. The number of aromatic nitrogens is 3. The number of hydrogen-bond donors (Lipinski definition) is 2. The van der Waals surface area contributed by atoms with E-state index in [1.807, 2.05) is 12.1 Å². The van der Waals surface area contributed by atoms with Gasteiger partial charge in [-0.15, -0.1) is 10.2 Å². The van der Waals surface area contributed by atoms with E-state index in [0.717, 1.165) is 16.9 Å². The molecule has 9 heteroatoms. The maximum Gasteiger partial charge on any atom is 0.277 e. The van der Waals surface area contributed by atoms with Crippen molar-refractivity contribution in [2.45, 2.75) is 19.1 Å². The number of aliphatic hydroxyl groups excluding tert-OH is 1. The van der Waals surface area contributed by atoms with Gasteiger partial charge in [0.2, 0.25) is 0 Å². The van der Waals surface area contributed by atoms with Gasteiger partial charge in [0.15, 0.2) is 5.82 Å². The normalized spacial score (nSPS) is 17.8. The molecule has 0 spiro atoms. The van der Waals surface area contributed by atoms with Crippen molar-refractivity contribution in [3.8, 4) is 11.3 Å². The van der Waals surface area contributed by atoms with Crippen LogP contribution in [-0.2, 0) is 9.59 Å². The van der Waals surface area contributed by atoms with E-state index in [9.17, 15) is 14.7 Å². The van der Waals surface area contributed by atoms with Gasteiger partial charge in [0.25, 0.3) is 11.8 Å². The third kappa shape index (κ3) is 3.31. The molecular formula is C19H20N6O3. The van der Waals surface area contributed by atoms with Crippen molar-refractivity contribution < 1.29 is 14.7 Å². The van der Waals surface area contributed by atoms with Crippen LogP contribution in [0, 0.1) is 0 Å². The third-order valence-electron chi connectivity index (χ3n) is 4.88. The minimum absolute atomic E-state index is 0.166. The Labute approximate surface area is 161 Å². The molecule has 0 saturated carbocycles. The number of nitrogens with one attached hydrogen (secondary N) is 1. The van der Waals surface area contributed by atoms with Gasteiger partial charge < -0.3 is 15.3 Å². The number of amides is 2. The highest BCUT2D eigenvalue weighted by atomic mass is 16.3. The van der Waals surface area contributed by atoms with Gasteiger partial charge in [0, 0.05) is 37.1 Å². The van der Waals surface area contributed by atoms with Crippen molar-refractivity contribution in [1.29, 1.82) is 0 Å². The van der Waals surface area contributed by atoms with Crippen molar-refractivity contribution in [1.82, 2.24) is 25.0 Å². The zero-order valence-corrected chi connectivity index (χ0v) is 15.4. The molecule has 2 amide bonds. The number of nitrogens with zero attached hydrogens (tertiary/aromatic N) is 5. The molecule has 144 valence electrons. The van der Waals surface area contributed by atoms with Gasteiger partial charge in [-0.3, -0.25) is 19.5 Å². The van der Waals surface area contributed by atoms with Crippen LogP contribution < -0.4 is 5.32 Å². The predicted octanol–water partition coefficient (Wildman–Crippen LogP) is 0.617. The average Bonchev–Trinajstić information content (AvgIpc) is 2.94. The van der Waals surface area contributed by atoms with Crippen molar-refractivity contribution >= 4 is 17.6 Å². The molecule has 2 aromatic rings.